The van der Waals surface area contributed by atoms with E-state index < -0.39 is 0 Å². The van der Waals surface area contributed by atoms with Gasteiger partial charge in [-0.05, 0) is 0 Å². The molecule has 0 fully saturated rings. The van der Waals surface area contributed by atoms with E-state index >= 15 is 0 Å². The molecule has 0 aliphatic carbocycles. The highest BCUT2D eigenvalue weighted by Gasteiger charge is 1.68. The standard InChI is InChI=1S/C3H6OS/c1-4-2-3-5/h1-3H2. The second-order valence-electron chi connectivity index (χ2n) is 0.612. The van der Waals surface area contributed by atoms with Crippen LogP contribution in [0.15, 0.2) is 0 Å². The Morgan fingerprint density at radius 3 is 2.40 bits per heavy atom. The lowest BCUT2D eigenvalue weighted by Gasteiger charge is -1.82. The van der Waals surface area contributed by atoms with Crippen molar-refractivity contribution >= 4 is 12.6 Å². The Labute approximate surface area is 37.7 Å². The third-order valence-electron chi connectivity index (χ3n) is 0.228. The minimum Gasteiger partial charge on any atom is -0.378 e. The van der Waals surface area contributed by atoms with Crippen LogP contribution in [-0.4, -0.2) is 12.4 Å². The Bertz CT molecular complexity index is 14.4. The maximum absolute atomic E-state index is 4.49. The van der Waals surface area contributed by atoms with Gasteiger partial charge in [0.25, 0.3) is 0 Å². The molecule has 0 aromatic rings. The minimum atomic E-state index is 0.593. The van der Waals surface area contributed by atoms with Crippen LogP contribution in [0.25, 0.3) is 0 Å². The fraction of sp³-hybridized carbons (Fsp3) is 0.667. The van der Waals surface area contributed by atoms with Gasteiger partial charge in [0.2, 0.25) is 0 Å². The SMILES string of the molecule is [CH2]OCC[S]. The lowest BCUT2D eigenvalue weighted by molar-refractivity contribution is 0.265. The smallest absolute Gasteiger partial charge is 0.0700 e. The summed E-state index contributed by atoms with van der Waals surface area (Å²) in [5, 5.41) is 0. The zero-order valence-corrected chi connectivity index (χ0v) is 3.75. The Morgan fingerprint density at radius 1 is 1.80 bits per heavy atom. The quantitative estimate of drug-likeness (QED) is 0.491. The molecule has 5 heavy (non-hydrogen) atoms. The first-order valence-electron chi connectivity index (χ1n) is 1.37. The first-order chi connectivity index (χ1) is 2.41. The molecule has 0 saturated carbocycles. The van der Waals surface area contributed by atoms with Crippen molar-refractivity contribution in [2.45, 2.75) is 0 Å². The van der Waals surface area contributed by atoms with Crippen LogP contribution in [0.4, 0.5) is 0 Å². The first-order valence-corrected chi connectivity index (χ1v) is 1.94. The average molecular weight is 90.1 g/mol. The van der Waals surface area contributed by atoms with Gasteiger partial charge in [0, 0.05) is 5.75 Å². The molecular formula is C3H6OS. The van der Waals surface area contributed by atoms with E-state index in [1.54, 1.807) is 0 Å². The van der Waals surface area contributed by atoms with Crippen molar-refractivity contribution in [2.24, 2.45) is 0 Å². The zero-order valence-electron chi connectivity index (χ0n) is 2.94. The highest BCUT2D eigenvalue weighted by molar-refractivity contribution is 7.80. The molecule has 0 amide bonds. The molecule has 0 aromatic carbocycles. The van der Waals surface area contributed by atoms with Gasteiger partial charge in [-0.3, -0.25) is 0 Å². The lowest BCUT2D eigenvalue weighted by Crippen LogP contribution is -1.83. The molecule has 0 N–H and O–H groups in total. The summed E-state index contributed by atoms with van der Waals surface area (Å²) >= 11 is 4.49. The summed E-state index contributed by atoms with van der Waals surface area (Å²) in [6, 6.07) is 0. The van der Waals surface area contributed by atoms with E-state index in [1.807, 2.05) is 0 Å². The minimum absolute atomic E-state index is 0.593. The van der Waals surface area contributed by atoms with Crippen molar-refractivity contribution < 1.29 is 4.74 Å². The molecule has 0 bridgehead atoms. The number of hydrogen-bond donors (Lipinski definition) is 0. The van der Waals surface area contributed by atoms with Crippen LogP contribution < -0.4 is 0 Å². The van der Waals surface area contributed by atoms with Gasteiger partial charge in [0.05, 0.1) is 13.7 Å². The van der Waals surface area contributed by atoms with E-state index in [0.29, 0.717) is 12.4 Å². The predicted octanol–water partition coefficient (Wildman–Crippen LogP) is 0.992. The van der Waals surface area contributed by atoms with Crippen molar-refractivity contribution in [1.82, 2.24) is 0 Å². The van der Waals surface area contributed by atoms with Crippen LogP contribution in [0.3, 0.4) is 0 Å². The van der Waals surface area contributed by atoms with Crippen LogP contribution >= 0.6 is 12.6 Å². The highest BCUT2D eigenvalue weighted by atomic mass is 32.1. The third-order valence-corrected chi connectivity index (χ3v) is 0.394. The van der Waals surface area contributed by atoms with Crippen LogP contribution in [0.2, 0.25) is 0 Å². The van der Waals surface area contributed by atoms with E-state index in [-0.39, 0.29) is 0 Å². The number of rotatable bonds is 2. The summed E-state index contributed by atoms with van der Waals surface area (Å²) in [7, 11) is 3.11. The van der Waals surface area contributed by atoms with E-state index in [0.717, 1.165) is 0 Å². The van der Waals surface area contributed by atoms with Gasteiger partial charge >= 0.3 is 0 Å². The van der Waals surface area contributed by atoms with Gasteiger partial charge in [-0.1, -0.05) is 12.6 Å². The first kappa shape index (κ1) is 5.31. The topological polar surface area (TPSA) is 9.23 Å². The average Bonchev–Trinajstić information content (AvgIpc) is 1.41. The van der Waals surface area contributed by atoms with Crippen LogP contribution in [-0.2, 0) is 4.74 Å². The predicted molar refractivity (Wildman–Crippen MR) is 23.8 cm³/mol. The molecule has 0 rings (SSSR count). The Morgan fingerprint density at radius 2 is 2.40 bits per heavy atom. The van der Waals surface area contributed by atoms with Gasteiger partial charge in [0.1, 0.15) is 0 Å². The van der Waals surface area contributed by atoms with Gasteiger partial charge in [0.15, 0.2) is 0 Å². The summed E-state index contributed by atoms with van der Waals surface area (Å²) in [5.74, 6) is 0.642. The lowest BCUT2D eigenvalue weighted by atomic mass is 10.9. The molecule has 2 heteroatoms. The largest absolute Gasteiger partial charge is 0.378 e. The van der Waals surface area contributed by atoms with Crippen molar-refractivity contribution in [3.8, 4) is 0 Å². The highest BCUT2D eigenvalue weighted by Crippen LogP contribution is 1.71. The van der Waals surface area contributed by atoms with Crippen molar-refractivity contribution in [2.75, 3.05) is 12.4 Å². The summed E-state index contributed by atoms with van der Waals surface area (Å²) in [6.07, 6.45) is 0. The summed E-state index contributed by atoms with van der Waals surface area (Å²) in [5.41, 5.74) is 0. The fourth-order valence-electron chi connectivity index (χ4n) is 0.0589. The number of hydrogen-bond acceptors (Lipinski definition) is 1. The molecule has 0 aliphatic rings. The normalized spacial score (nSPS) is 8.40. The second-order valence-corrected chi connectivity index (χ2v) is 1.02. The van der Waals surface area contributed by atoms with Gasteiger partial charge in [-0.15, -0.1) is 0 Å². The summed E-state index contributed by atoms with van der Waals surface area (Å²) in [6.45, 7) is 0.593. The van der Waals surface area contributed by atoms with Crippen LogP contribution in [0.1, 0.15) is 0 Å². The number of ether oxygens (including phenoxy) is 1. The molecule has 0 aromatic heterocycles. The molecule has 0 atom stereocenters. The van der Waals surface area contributed by atoms with E-state index in [4.69, 9.17) is 0 Å². The molecule has 0 unspecified atom stereocenters. The van der Waals surface area contributed by atoms with E-state index in [2.05, 4.69) is 24.5 Å². The molecule has 30 valence electrons. The van der Waals surface area contributed by atoms with E-state index in [9.17, 15) is 0 Å². The molecule has 0 spiro atoms. The van der Waals surface area contributed by atoms with Crippen molar-refractivity contribution in [3.05, 3.63) is 7.11 Å². The third kappa shape index (κ3) is 4.31. The van der Waals surface area contributed by atoms with Gasteiger partial charge < -0.3 is 4.74 Å². The Kier molecular flexibility index (Phi) is 4.58. The van der Waals surface area contributed by atoms with Gasteiger partial charge in [-0.25, -0.2) is 0 Å². The Balaban J connectivity index is 2.19. The molecule has 0 heterocycles. The maximum Gasteiger partial charge on any atom is 0.0700 e. The monoisotopic (exact) mass is 90.0 g/mol. The summed E-state index contributed by atoms with van der Waals surface area (Å²) in [4.78, 5) is 0. The van der Waals surface area contributed by atoms with E-state index in [1.165, 1.54) is 0 Å². The zero-order chi connectivity index (χ0) is 4.12. The van der Waals surface area contributed by atoms with Gasteiger partial charge in [-0.2, -0.15) is 0 Å². The second kappa shape index (κ2) is 4.31. The van der Waals surface area contributed by atoms with Crippen molar-refractivity contribution in [1.29, 1.82) is 0 Å². The fourth-order valence-corrected chi connectivity index (χ4v) is 0.177. The molecular weight excluding hydrogens is 84.1 g/mol. The maximum atomic E-state index is 4.49. The van der Waals surface area contributed by atoms with Crippen molar-refractivity contribution in [3.63, 3.8) is 0 Å². The molecule has 0 saturated heterocycles. The Hall–Kier alpha value is 0.310. The van der Waals surface area contributed by atoms with Crippen LogP contribution in [0, 0.1) is 7.11 Å². The molecule has 0 aliphatic heterocycles. The summed E-state index contributed by atoms with van der Waals surface area (Å²) < 4.78 is 4.34. The molecule has 2 radical (unpaired) electrons. The van der Waals surface area contributed by atoms with Crippen LogP contribution in [0.5, 0.6) is 0 Å². The molecule has 1 nitrogen and oxygen atoms in total.